The van der Waals surface area contributed by atoms with Crippen LogP contribution in [0.15, 0.2) is 65.6 Å². The average molecular weight is 331 g/mol. The second kappa shape index (κ2) is 7.44. The van der Waals surface area contributed by atoms with E-state index in [2.05, 4.69) is 62.0 Å². The molecule has 0 spiro atoms. The quantitative estimate of drug-likeness (QED) is 0.735. The topological polar surface area (TPSA) is 9.23 Å². The molecule has 2 aromatic carbocycles. The second-order valence-electron chi connectivity index (χ2n) is 4.57. The molecule has 1 atom stereocenters. The van der Waals surface area contributed by atoms with Gasteiger partial charge < -0.3 is 0 Å². The molecule has 20 heavy (non-hydrogen) atoms. The average Bonchev–Trinajstić information content (AvgIpc) is 2.47. The van der Waals surface area contributed by atoms with Crippen LogP contribution < -0.4 is 4.46 Å². The van der Waals surface area contributed by atoms with Crippen LogP contribution in [0, 0.1) is 6.92 Å². The summed E-state index contributed by atoms with van der Waals surface area (Å²) in [6, 6.07) is 18.9. The first-order valence-electron chi connectivity index (χ1n) is 6.81. The van der Waals surface area contributed by atoms with E-state index >= 15 is 0 Å². The van der Waals surface area contributed by atoms with Gasteiger partial charge in [-0.3, -0.25) is 0 Å². The van der Waals surface area contributed by atoms with Crippen molar-refractivity contribution in [1.29, 1.82) is 0 Å². The Kier molecular flexibility index (Phi) is 5.60. The van der Waals surface area contributed by atoms with Crippen molar-refractivity contribution in [3.63, 3.8) is 0 Å². The van der Waals surface area contributed by atoms with Crippen LogP contribution in [0.5, 0.6) is 0 Å². The van der Waals surface area contributed by atoms with Crippen LogP contribution in [0.4, 0.5) is 0 Å². The summed E-state index contributed by atoms with van der Waals surface area (Å²) >= 11 is 0.226. The maximum absolute atomic E-state index is 5.96. The molecule has 0 radical (unpaired) electrons. The Morgan fingerprint density at radius 1 is 1.10 bits per heavy atom. The number of rotatable bonds is 6. The number of aryl methyl sites for hydroxylation is 1. The summed E-state index contributed by atoms with van der Waals surface area (Å²) in [6.45, 7) is 9.15. The van der Waals surface area contributed by atoms with Gasteiger partial charge in [0.05, 0.1) is 0 Å². The van der Waals surface area contributed by atoms with Gasteiger partial charge in [0, 0.05) is 0 Å². The van der Waals surface area contributed by atoms with Crippen LogP contribution in [0.2, 0.25) is 0 Å². The Morgan fingerprint density at radius 2 is 1.75 bits per heavy atom. The molecule has 0 N–H and O–H groups in total. The monoisotopic (exact) mass is 332 g/mol. The van der Waals surface area contributed by atoms with E-state index in [0.717, 1.165) is 0 Å². The zero-order chi connectivity index (χ0) is 14.4. The predicted molar refractivity (Wildman–Crippen MR) is 86.5 cm³/mol. The van der Waals surface area contributed by atoms with Crippen LogP contribution >= 0.6 is 0 Å². The number of hydrogen-bond donors (Lipinski definition) is 0. The molecule has 2 heteroatoms. The molecule has 0 aliphatic carbocycles. The van der Waals surface area contributed by atoms with E-state index in [1.54, 1.807) is 0 Å². The van der Waals surface area contributed by atoms with Crippen molar-refractivity contribution >= 4 is 19.4 Å². The number of ether oxygens (including phenoxy) is 1. The van der Waals surface area contributed by atoms with Crippen molar-refractivity contribution in [3.05, 3.63) is 76.8 Å². The van der Waals surface area contributed by atoms with E-state index in [9.17, 15) is 0 Å². The van der Waals surface area contributed by atoms with Gasteiger partial charge in [-0.05, 0) is 0 Å². The molecule has 0 aliphatic rings. The maximum atomic E-state index is 5.96. The minimum absolute atomic E-state index is 0.00130. The van der Waals surface area contributed by atoms with Gasteiger partial charge in [0.1, 0.15) is 0 Å². The minimum atomic E-state index is 0.00130. The first-order chi connectivity index (χ1) is 9.72. The van der Waals surface area contributed by atoms with Crippen molar-refractivity contribution in [2.24, 2.45) is 0 Å². The first-order valence-corrected chi connectivity index (χ1v) is 8.52. The molecular weight excluding hydrogens is 311 g/mol. The van der Waals surface area contributed by atoms with Crippen LogP contribution in [0.1, 0.15) is 24.2 Å². The van der Waals surface area contributed by atoms with E-state index < -0.39 is 0 Å². The van der Waals surface area contributed by atoms with Gasteiger partial charge in [-0.15, -0.1) is 0 Å². The molecule has 2 rings (SSSR count). The van der Waals surface area contributed by atoms with Crippen molar-refractivity contribution in [2.45, 2.75) is 20.0 Å². The fraction of sp³-hybridized carbons (Fsp3) is 0.222. The molecule has 0 saturated heterocycles. The van der Waals surface area contributed by atoms with Gasteiger partial charge >= 0.3 is 127 Å². The van der Waals surface area contributed by atoms with Crippen LogP contribution in [-0.4, -0.2) is 21.6 Å². The fourth-order valence-electron chi connectivity index (χ4n) is 2.10. The summed E-state index contributed by atoms with van der Waals surface area (Å²) in [4.78, 5) is 0. The summed E-state index contributed by atoms with van der Waals surface area (Å²) in [7, 11) is 0. The standard InChI is InChI=1S/C18H20OSe/c1-4-19-18(17-13-9-8-10-14(17)2)15(3)20-16-11-6-5-7-12-16/h5-13,18H,3-4H2,1-2H3. The third-order valence-corrected chi connectivity index (χ3v) is 5.15. The van der Waals surface area contributed by atoms with Gasteiger partial charge in [0.25, 0.3) is 0 Å². The zero-order valence-electron chi connectivity index (χ0n) is 12.0. The molecule has 0 fully saturated rings. The zero-order valence-corrected chi connectivity index (χ0v) is 13.7. The summed E-state index contributed by atoms with van der Waals surface area (Å²) in [5, 5.41) is 0. The summed E-state index contributed by atoms with van der Waals surface area (Å²) in [5.74, 6) is 0. The van der Waals surface area contributed by atoms with Crippen LogP contribution in [0.3, 0.4) is 0 Å². The third-order valence-electron chi connectivity index (χ3n) is 3.09. The first kappa shape index (κ1) is 15.1. The van der Waals surface area contributed by atoms with E-state index in [1.165, 1.54) is 20.1 Å². The Balaban J connectivity index is 2.20. The molecule has 0 bridgehead atoms. The molecule has 1 unspecified atom stereocenters. The molecule has 0 aliphatic heterocycles. The van der Waals surface area contributed by atoms with E-state index in [1.807, 2.05) is 13.0 Å². The van der Waals surface area contributed by atoms with E-state index in [-0.39, 0.29) is 21.1 Å². The second-order valence-corrected chi connectivity index (χ2v) is 7.09. The summed E-state index contributed by atoms with van der Waals surface area (Å²) in [6.07, 6.45) is 0.00130. The van der Waals surface area contributed by atoms with Gasteiger partial charge in [-0.25, -0.2) is 0 Å². The van der Waals surface area contributed by atoms with E-state index in [4.69, 9.17) is 4.74 Å². The predicted octanol–water partition coefficient (Wildman–Crippen LogP) is 3.62. The SMILES string of the molecule is C=C([Se]c1ccccc1)C(OCC)c1ccccc1C. The molecule has 0 saturated carbocycles. The molecule has 104 valence electrons. The van der Waals surface area contributed by atoms with Crippen molar-refractivity contribution in [1.82, 2.24) is 0 Å². The fourth-order valence-corrected chi connectivity index (χ4v) is 3.98. The summed E-state index contributed by atoms with van der Waals surface area (Å²) < 4.78 is 8.46. The molecule has 0 amide bonds. The van der Waals surface area contributed by atoms with Crippen LogP contribution in [0.25, 0.3) is 0 Å². The number of benzene rings is 2. The Bertz CT molecular complexity index is 563. The Hall–Kier alpha value is -1.34. The van der Waals surface area contributed by atoms with E-state index in [0.29, 0.717) is 6.61 Å². The molecule has 2 aromatic rings. The molecule has 1 nitrogen and oxygen atoms in total. The van der Waals surface area contributed by atoms with Crippen molar-refractivity contribution < 1.29 is 4.74 Å². The molecule has 0 heterocycles. The molecular formula is C18H20OSe. The Labute approximate surface area is 127 Å². The van der Waals surface area contributed by atoms with Gasteiger partial charge in [0.2, 0.25) is 0 Å². The number of hydrogen-bond acceptors (Lipinski definition) is 1. The van der Waals surface area contributed by atoms with Crippen molar-refractivity contribution in [2.75, 3.05) is 6.61 Å². The normalized spacial score (nSPS) is 12.1. The molecule has 0 aromatic heterocycles. The van der Waals surface area contributed by atoms with Gasteiger partial charge in [-0.1, -0.05) is 0 Å². The Morgan fingerprint density at radius 3 is 2.40 bits per heavy atom. The third kappa shape index (κ3) is 3.83. The van der Waals surface area contributed by atoms with Gasteiger partial charge in [-0.2, -0.15) is 0 Å². The summed E-state index contributed by atoms with van der Waals surface area (Å²) in [5.41, 5.74) is 2.49. The van der Waals surface area contributed by atoms with Crippen LogP contribution in [-0.2, 0) is 4.74 Å². The van der Waals surface area contributed by atoms with Gasteiger partial charge in [0.15, 0.2) is 0 Å². The van der Waals surface area contributed by atoms with Crippen molar-refractivity contribution in [3.8, 4) is 0 Å².